The second kappa shape index (κ2) is 5.58. The van der Waals surface area contributed by atoms with Crippen molar-refractivity contribution in [2.45, 2.75) is 17.7 Å². The summed E-state index contributed by atoms with van der Waals surface area (Å²) >= 11 is 0. The lowest BCUT2D eigenvalue weighted by molar-refractivity contribution is -0.122. The molecule has 1 amide bonds. The number of hydrogen-bond donors (Lipinski definition) is 3. The summed E-state index contributed by atoms with van der Waals surface area (Å²) in [6.45, 7) is 0.331. The van der Waals surface area contributed by atoms with Crippen molar-refractivity contribution in [3.63, 3.8) is 0 Å². The van der Waals surface area contributed by atoms with Crippen molar-refractivity contribution < 1.29 is 18.3 Å². The maximum absolute atomic E-state index is 11.9. The maximum Gasteiger partial charge on any atom is 0.244 e. The summed E-state index contributed by atoms with van der Waals surface area (Å²) in [4.78, 5) is 11.2. The summed E-state index contributed by atoms with van der Waals surface area (Å²) < 4.78 is 26.0. The van der Waals surface area contributed by atoms with Gasteiger partial charge in [-0.05, 0) is 25.0 Å². The molecule has 19 heavy (non-hydrogen) atoms. The first-order valence-corrected chi connectivity index (χ1v) is 7.54. The van der Waals surface area contributed by atoms with Gasteiger partial charge in [0.05, 0.1) is 0 Å². The smallest absolute Gasteiger partial charge is 0.244 e. The number of phenolic OH excluding ortho intramolecular Hbond substituents is 1. The van der Waals surface area contributed by atoms with Gasteiger partial charge in [-0.1, -0.05) is 12.1 Å². The number of rotatable bonds is 6. The van der Waals surface area contributed by atoms with E-state index in [0.29, 0.717) is 0 Å². The van der Waals surface area contributed by atoms with Crippen LogP contribution in [0, 0.1) is 5.92 Å². The normalized spacial score (nSPS) is 15.2. The minimum absolute atomic E-state index is 0.0262. The Kier molecular flexibility index (Phi) is 4.06. The van der Waals surface area contributed by atoms with E-state index in [1.807, 2.05) is 0 Å². The van der Waals surface area contributed by atoms with Gasteiger partial charge in [-0.25, -0.2) is 13.1 Å². The Bertz CT molecular complexity index is 567. The van der Waals surface area contributed by atoms with Gasteiger partial charge in [0.2, 0.25) is 15.9 Å². The van der Waals surface area contributed by atoms with Crippen molar-refractivity contribution in [1.82, 2.24) is 10.0 Å². The van der Waals surface area contributed by atoms with Crippen LogP contribution in [-0.2, 0) is 14.8 Å². The fourth-order valence-corrected chi connectivity index (χ4v) is 2.75. The molecule has 0 radical (unpaired) electrons. The molecule has 1 aliphatic rings. The number of sulfonamides is 1. The average Bonchev–Trinajstić information content (AvgIpc) is 3.19. The molecule has 1 aromatic carbocycles. The summed E-state index contributed by atoms with van der Waals surface area (Å²) in [6.07, 6.45) is 1.82. The quantitative estimate of drug-likeness (QED) is 0.650. The molecular weight excluding hydrogens is 268 g/mol. The molecule has 0 bridgehead atoms. The van der Waals surface area contributed by atoms with Crippen LogP contribution in [0.3, 0.4) is 0 Å². The van der Waals surface area contributed by atoms with E-state index in [4.69, 9.17) is 0 Å². The summed E-state index contributed by atoms with van der Waals surface area (Å²) in [5.74, 6) is -0.214. The number of benzene rings is 1. The number of aromatic hydroxyl groups is 1. The topological polar surface area (TPSA) is 95.5 Å². The Morgan fingerprint density at radius 3 is 2.58 bits per heavy atom. The van der Waals surface area contributed by atoms with Crippen LogP contribution in [0.1, 0.15) is 12.8 Å². The van der Waals surface area contributed by atoms with Crippen molar-refractivity contribution in [3.8, 4) is 5.75 Å². The molecule has 2 rings (SSSR count). The van der Waals surface area contributed by atoms with Crippen LogP contribution >= 0.6 is 0 Å². The Hall–Kier alpha value is -1.60. The Balaban J connectivity index is 1.84. The molecular formula is C12H16N2O4S. The lowest BCUT2D eigenvalue weighted by atomic mass is 10.3. The second-order valence-electron chi connectivity index (χ2n) is 4.43. The minimum Gasteiger partial charge on any atom is -0.507 e. The number of carbonyl (C=O) groups excluding carboxylic acids is 1. The fourth-order valence-electron chi connectivity index (χ4n) is 1.62. The van der Waals surface area contributed by atoms with E-state index in [9.17, 15) is 18.3 Å². The molecule has 7 heteroatoms. The number of phenols is 1. The molecule has 1 saturated carbocycles. The Morgan fingerprint density at radius 1 is 1.26 bits per heavy atom. The number of nitrogens with one attached hydrogen (secondary N) is 2. The lowest BCUT2D eigenvalue weighted by Crippen LogP contribution is -2.35. The summed E-state index contributed by atoms with van der Waals surface area (Å²) in [7, 11) is -3.74. The van der Waals surface area contributed by atoms with E-state index in [1.165, 1.54) is 18.2 Å². The van der Waals surface area contributed by atoms with Gasteiger partial charge in [0.25, 0.3) is 0 Å². The highest BCUT2D eigenvalue weighted by molar-refractivity contribution is 7.89. The molecule has 1 aliphatic carbocycles. The van der Waals surface area contributed by atoms with Gasteiger partial charge in [0, 0.05) is 19.0 Å². The van der Waals surface area contributed by atoms with Crippen LogP contribution in [0.5, 0.6) is 5.75 Å². The van der Waals surface area contributed by atoms with Gasteiger partial charge in [-0.2, -0.15) is 0 Å². The lowest BCUT2D eigenvalue weighted by Gasteiger charge is -2.08. The molecule has 0 saturated heterocycles. The molecule has 6 nitrogen and oxygen atoms in total. The van der Waals surface area contributed by atoms with Gasteiger partial charge in [-0.15, -0.1) is 0 Å². The first-order chi connectivity index (χ1) is 9.00. The van der Waals surface area contributed by atoms with E-state index < -0.39 is 10.0 Å². The third kappa shape index (κ3) is 3.68. The third-order valence-electron chi connectivity index (χ3n) is 2.82. The number of amides is 1. The summed E-state index contributed by atoms with van der Waals surface area (Å²) in [5, 5.41) is 12.1. The van der Waals surface area contributed by atoms with Crippen LogP contribution in [0.2, 0.25) is 0 Å². The molecule has 0 aromatic heterocycles. The predicted octanol–water partition coefficient (Wildman–Crippen LogP) is 0.197. The van der Waals surface area contributed by atoms with Crippen molar-refractivity contribution in [2.24, 2.45) is 5.92 Å². The molecule has 0 aliphatic heterocycles. The van der Waals surface area contributed by atoms with Gasteiger partial charge < -0.3 is 10.4 Å². The highest BCUT2D eigenvalue weighted by atomic mass is 32.2. The second-order valence-corrected chi connectivity index (χ2v) is 6.17. The van der Waals surface area contributed by atoms with E-state index >= 15 is 0 Å². The average molecular weight is 284 g/mol. The van der Waals surface area contributed by atoms with Gasteiger partial charge in [-0.3, -0.25) is 4.79 Å². The molecule has 0 unspecified atom stereocenters. The minimum atomic E-state index is -3.74. The van der Waals surface area contributed by atoms with Crippen LogP contribution in [0.4, 0.5) is 0 Å². The molecule has 0 heterocycles. The first-order valence-electron chi connectivity index (χ1n) is 6.06. The fraction of sp³-hybridized carbons (Fsp3) is 0.417. The SMILES string of the molecule is O=C(NCCNS(=O)(=O)c1ccccc1O)C1CC1. The van der Waals surface area contributed by atoms with Crippen LogP contribution in [-0.4, -0.2) is 32.5 Å². The molecule has 104 valence electrons. The Morgan fingerprint density at radius 2 is 1.95 bits per heavy atom. The van der Waals surface area contributed by atoms with E-state index in [2.05, 4.69) is 10.0 Å². The monoisotopic (exact) mass is 284 g/mol. The standard InChI is InChI=1S/C12H16N2O4S/c15-10-3-1-2-4-11(10)19(17,18)14-8-7-13-12(16)9-5-6-9/h1-4,9,14-15H,5-8H2,(H,13,16). The highest BCUT2D eigenvalue weighted by Crippen LogP contribution is 2.28. The number of hydrogen-bond acceptors (Lipinski definition) is 4. The van der Waals surface area contributed by atoms with Crippen molar-refractivity contribution in [1.29, 1.82) is 0 Å². The third-order valence-corrected chi connectivity index (χ3v) is 4.33. The summed E-state index contributed by atoms with van der Waals surface area (Å²) in [5.41, 5.74) is 0. The van der Waals surface area contributed by atoms with E-state index in [0.717, 1.165) is 12.8 Å². The predicted molar refractivity (Wildman–Crippen MR) is 69.0 cm³/mol. The number of para-hydroxylation sites is 1. The largest absolute Gasteiger partial charge is 0.507 e. The van der Waals surface area contributed by atoms with Crippen molar-refractivity contribution >= 4 is 15.9 Å². The maximum atomic E-state index is 11.9. The van der Waals surface area contributed by atoms with Crippen molar-refractivity contribution in [2.75, 3.05) is 13.1 Å². The zero-order valence-electron chi connectivity index (χ0n) is 10.3. The van der Waals surface area contributed by atoms with E-state index in [-0.39, 0.29) is 35.6 Å². The van der Waals surface area contributed by atoms with Gasteiger partial charge in [0.1, 0.15) is 10.6 Å². The molecule has 1 fully saturated rings. The van der Waals surface area contributed by atoms with Gasteiger partial charge >= 0.3 is 0 Å². The zero-order chi connectivity index (χ0) is 13.9. The van der Waals surface area contributed by atoms with E-state index in [1.54, 1.807) is 6.07 Å². The highest BCUT2D eigenvalue weighted by Gasteiger charge is 2.29. The van der Waals surface area contributed by atoms with Crippen LogP contribution in [0.15, 0.2) is 29.2 Å². The number of carbonyl (C=O) groups is 1. The van der Waals surface area contributed by atoms with Crippen molar-refractivity contribution in [3.05, 3.63) is 24.3 Å². The zero-order valence-corrected chi connectivity index (χ0v) is 11.1. The van der Waals surface area contributed by atoms with Gasteiger partial charge in [0.15, 0.2) is 0 Å². The summed E-state index contributed by atoms with van der Waals surface area (Å²) in [6, 6.07) is 5.71. The first kappa shape index (κ1) is 13.8. The molecule has 0 atom stereocenters. The van der Waals surface area contributed by atoms with Crippen LogP contribution in [0.25, 0.3) is 0 Å². The Labute approximate surface area is 111 Å². The van der Waals surface area contributed by atoms with Crippen LogP contribution < -0.4 is 10.0 Å². The molecule has 3 N–H and O–H groups in total. The molecule has 0 spiro atoms. The molecule has 1 aromatic rings.